The molecule has 0 amide bonds. The number of carboxylic acid groups (broad SMARTS) is 1. The van der Waals surface area contributed by atoms with Gasteiger partial charge in [0, 0.05) is 0 Å². The van der Waals surface area contributed by atoms with Crippen LogP contribution in [-0.2, 0) is 9.36 Å². The van der Waals surface area contributed by atoms with E-state index in [0.717, 1.165) is 0 Å². The standard InChI is InChI=1S/C6H10NO3P.H2O/c7-5(6(8)9)3-1-2-4-11-10;/h5H,1-3,7H2,(H,8,9);1H2/t5-;/m1./s1. The predicted octanol–water partition coefficient (Wildman–Crippen LogP) is -0.00520. The zero-order valence-corrected chi connectivity index (χ0v) is 7.38. The summed E-state index contributed by atoms with van der Waals surface area (Å²) >= 11 is 0. The Labute approximate surface area is 71.4 Å². The smallest absolute Gasteiger partial charge is 0.412 e. The summed E-state index contributed by atoms with van der Waals surface area (Å²) in [6.07, 6.45) is 1.53. The van der Waals surface area contributed by atoms with Crippen LogP contribution in [0, 0.1) is 5.63 Å². The van der Waals surface area contributed by atoms with Crippen LogP contribution >= 0.6 is 7.92 Å². The van der Waals surface area contributed by atoms with Crippen molar-refractivity contribution in [2.75, 3.05) is 0 Å². The summed E-state index contributed by atoms with van der Waals surface area (Å²) in [5.74, 6) is -0.996. The molecule has 70 valence electrons. The van der Waals surface area contributed by atoms with Crippen LogP contribution < -0.4 is 5.73 Å². The summed E-state index contributed by atoms with van der Waals surface area (Å²) in [7, 11) is -0.130. The van der Waals surface area contributed by atoms with Gasteiger partial charge in [-0.15, -0.1) is 0 Å². The molecule has 0 aromatic heterocycles. The van der Waals surface area contributed by atoms with E-state index in [1.165, 1.54) is 0 Å². The minimum atomic E-state index is -0.996. The Hall–Kier alpha value is -0.600. The van der Waals surface area contributed by atoms with Gasteiger partial charge in [-0.3, -0.25) is 0 Å². The summed E-state index contributed by atoms with van der Waals surface area (Å²) in [6.45, 7) is 0. The van der Waals surface area contributed by atoms with E-state index in [1.54, 1.807) is 0 Å². The van der Waals surface area contributed by atoms with Crippen LogP contribution in [0.5, 0.6) is 0 Å². The van der Waals surface area contributed by atoms with E-state index in [1.807, 2.05) is 0 Å². The third-order valence-electron chi connectivity index (χ3n) is 1.19. The van der Waals surface area contributed by atoms with E-state index in [0.29, 0.717) is 19.3 Å². The van der Waals surface area contributed by atoms with E-state index in [9.17, 15) is 9.36 Å². The van der Waals surface area contributed by atoms with E-state index in [2.05, 4.69) is 5.63 Å². The summed E-state index contributed by atoms with van der Waals surface area (Å²) in [5, 5.41) is 8.33. The molecule has 0 saturated carbocycles. The number of carbonyl (C=O) groups is 1. The maximum absolute atomic E-state index is 10.2. The fourth-order valence-electron chi connectivity index (χ4n) is 0.570. The molecule has 1 atom stereocenters. The Morgan fingerprint density at radius 1 is 1.67 bits per heavy atom. The van der Waals surface area contributed by atoms with Crippen molar-refractivity contribution in [1.29, 1.82) is 0 Å². The van der Waals surface area contributed by atoms with Crippen molar-refractivity contribution < 1.29 is 19.9 Å². The molecule has 0 radical (unpaired) electrons. The number of hydrogen-bond acceptors (Lipinski definition) is 3. The Morgan fingerprint density at radius 3 is 2.67 bits per heavy atom. The van der Waals surface area contributed by atoms with Gasteiger partial charge in [0.05, 0.1) is 0 Å². The monoisotopic (exact) mass is 193 g/mol. The van der Waals surface area contributed by atoms with Crippen molar-refractivity contribution in [2.24, 2.45) is 5.73 Å². The zero-order valence-electron chi connectivity index (χ0n) is 6.49. The molecule has 0 unspecified atom stereocenters. The molecule has 5 nitrogen and oxygen atoms in total. The van der Waals surface area contributed by atoms with Crippen LogP contribution in [0.25, 0.3) is 0 Å². The van der Waals surface area contributed by atoms with Gasteiger partial charge in [-0.05, 0) is 0 Å². The van der Waals surface area contributed by atoms with E-state index >= 15 is 0 Å². The van der Waals surface area contributed by atoms with Gasteiger partial charge in [0.2, 0.25) is 0 Å². The summed E-state index contributed by atoms with van der Waals surface area (Å²) < 4.78 is 9.82. The van der Waals surface area contributed by atoms with Gasteiger partial charge in [0.25, 0.3) is 0 Å². The Morgan fingerprint density at radius 2 is 2.25 bits per heavy atom. The first-order valence-corrected chi connectivity index (χ1v) is 4.03. The maximum atomic E-state index is 10.2. The molecule has 0 fully saturated rings. The summed E-state index contributed by atoms with van der Waals surface area (Å²) in [6, 6.07) is -0.805. The van der Waals surface area contributed by atoms with Crippen molar-refractivity contribution in [2.45, 2.75) is 25.3 Å². The van der Waals surface area contributed by atoms with Crippen molar-refractivity contribution in [3.8, 4) is 5.63 Å². The Kier molecular flexibility index (Phi) is 9.88. The average molecular weight is 193 g/mol. The number of aliphatic carboxylic acids is 1. The molecule has 5 N–H and O–H groups in total. The molecular weight excluding hydrogens is 181 g/mol. The molecule has 12 heavy (non-hydrogen) atoms. The fraction of sp³-hybridized carbons (Fsp3) is 0.667. The molecule has 0 aromatic rings. The number of hydrogen-bond donors (Lipinski definition) is 2. The largest absolute Gasteiger partial charge is 0.412 e. The first-order chi connectivity index (χ1) is 5.18. The zero-order chi connectivity index (χ0) is 8.69. The molecular formula is C6H12NO4P. The fourth-order valence-corrected chi connectivity index (χ4v) is 0.820. The van der Waals surface area contributed by atoms with Crippen LogP contribution in [0.3, 0.4) is 0 Å². The van der Waals surface area contributed by atoms with Gasteiger partial charge in [-0.25, -0.2) is 0 Å². The number of rotatable bonds is 4. The molecule has 0 aliphatic carbocycles. The van der Waals surface area contributed by atoms with Crippen molar-refractivity contribution >= 4 is 13.9 Å². The third-order valence-corrected chi connectivity index (χ3v) is 1.54. The van der Waals surface area contributed by atoms with Crippen LogP contribution in [0.2, 0.25) is 0 Å². The SMILES string of the molecule is N[C@H](CCCC#P=O)C(=O)O.O. The van der Waals surface area contributed by atoms with Crippen molar-refractivity contribution in [3.63, 3.8) is 0 Å². The first kappa shape index (κ1) is 14.0. The predicted molar refractivity (Wildman–Crippen MR) is 44.6 cm³/mol. The third kappa shape index (κ3) is 7.51. The normalized spacial score (nSPS) is 10.8. The summed E-state index contributed by atoms with van der Waals surface area (Å²) in [4.78, 5) is 10.2. The Bertz CT molecular complexity index is 223. The van der Waals surface area contributed by atoms with Gasteiger partial charge in [0.1, 0.15) is 0 Å². The maximum Gasteiger partial charge on any atom is -0.412 e. The molecule has 0 heterocycles. The minimum absolute atomic E-state index is 0. The molecule has 0 aliphatic rings. The minimum Gasteiger partial charge on any atom is -0.412 e. The second-order valence-corrected chi connectivity index (χ2v) is 2.59. The average Bonchev–Trinajstić information content (AvgIpc) is 1.97. The molecule has 0 saturated heterocycles. The second kappa shape index (κ2) is 8.50. The number of unbranched alkanes of at least 4 members (excludes halogenated alkanes) is 1. The molecule has 0 rings (SSSR count). The second-order valence-electron chi connectivity index (χ2n) is 2.09. The molecule has 0 aromatic carbocycles. The van der Waals surface area contributed by atoms with Gasteiger partial charge in [0.15, 0.2) is 0 Å². The van der Waals surface area contributed by atoms with Crippen molar-refractivity contribution in [1.82, 2.24) is 0 Å². The van der Waals surface area contributed by atoms with E-state index in [4.69, 9.17) is 10.8 Å². The van der Waals surface area contributed by atoms with Gasteiger partial charge in [-0.1, -0.05) is 0 Å². The van der Waals surface area contributed by atoms with E-state index in [-0.39, 0.29) is 13.4 Å². The summed E-state index contributed by atoms with van der Waals surface area (Å²) in [5.41, 5.74) is 7.70. The van der Waals surface area contributed by atoms with Crippen molar-refractivity contribution in [3.05, 3.63) is 0 Å². The quantitative estimate of drug-likeness (QED) is 0.483. The van der Waals surface area contributed by atoms with E-state index < -0.39 is 12.0 Å². The molecule has 6 heteroatoms. The topological polar surface area (TPSA) is 112 Å². The van der Waals surface area contributed by atoms with Crippen LogP contribution in [0.1, 0.15) is 19.3 Å². The van der Waals surface area contributed by atoms with Crippen LogP contribution in [0.4, 0.5) is 0 Å². The van der Waals surface area contributed by atoms with Gasteiger partial charge < -0.3 is 5.48 Å². The number of nitrogens with two attached hydrogens (primary N) is 1. The van der Waals surface area contributed by atoms with Crippen LogP contribution in [0.15, 0.2) is 0 Å². The van der Waals surface area contributed by atoms with Crippen LogP contribution in [-0.4, -0.2) is 22.6 Å². The Balaban J connectivity index is 0. The number of carboxylic acids is 1. The first-order valence-electron chi connectivity index (χ1n) is 3.22. The molecule has 0 bridgehead atoms. The molecule has 0 aliphatic heterocycles. The molecule has 0 spiro atoms. The van der Waals surface area contributed by atoms with Gasteiger partial charge in [-0.2, -0.15) is 0 Å². The van der Waals surface area contributed by atoms with Gasteiger partial charge >= 0.3 is 65.0 Å².